The first-order chi connectivity index (χ1) is 10.4. The number of rotatable bonds is 4. The number of amides is 1. The van der Waals surface area contributed by atoms with Crippen LogP contribution in [0.4, 0.5) is 0 Å². The van der Waals surface area contributed by atoms with Crippen molar-refractivity contribution in [3.63, 3.8) is 0 Å². The standard InChI is InChI=1S/C13H17N3O5S2/c1-7-5-11(23(20,21)8-3-4-8)10(22(2,18)19)6-9(7)12(17)16-13(14)15/h5-6,8H,3-4H2,1-2H3,(H4,14,15,16,17). The topological polar surface area (TPSA) is 150 Å². The normalized spacial score (nSPS) is 15.2. The summed E-state index contributed by atoms with van der Waals surface area (Å²) >= 11 is 0. The van der Waals surface area contributed by atoms with E-state index in [0.717, 1.165) is 12.3 Å². The molecule has 2 rings (SSSR count). The average Bonchev–Trinajstić information content (AvgIpc) is 3.20. The molecule has 1 saturated carbocycles. The van der Waals surface area contributed by atoms with E-state index in [4.69, 9.17) is 11.5 Å². The minimum atomic E-state index is -3.87. The summed E-state index contributed by atoms with van der Waals surface area (Å²) in [7, 11) is -7.61. The Hall–Kier alpha value is -1.94. The lowest BCUT2D eigenvalue weighted by molar-refractivity contribution is 0.100. The van der Waals surface area contributed by atoms with Gasteiger partial charge in [0.15, 0.2) is 25.6 Å². The molecule has 1 aromatic rings. The Morgan fingerprint density at radius 1 is 1.13 bits per heavy atom. The summed E-state index contributed by atoms with van der Waals surface area (Å²) in [6.07, 6.45) is 1.89. The molecule has 1 fully saturated rings. The summed E-state index contributed by atoms with van der Waals surface area (Å²) in [6, 6.07) is 2.22. The molecular formula is C13H17N3O5S2. The average molecular weight is 359 g/mol. The van der Waals surface area contributed by atoms with Gasteiger partial charge in [-0.25, -0.2) is 16.8 Å². The van der Waals surface area contributed by atoms with Crippen molar-refractivity contribution in [3.05, 3.63) is 23.3 Å². The predicted octanol–water partition coefficient (Wildman–Crippen LogP) is -0.252. The first-order valence-corrected chi connectivity index (χ1v) is 10.1. The molecule has 0 radical (unpaired) electrons. The highest BCUT2D eigenvalue weighted by Crippen LogP contribution is 2.37. The fraction of sp³-hybridized carbons (Fsp3) is 0.385. The Morgan fingerprint density at radius 2 is 1.70 bits per heavy atom. The van der Waals surface area contributed by atoms with Gasteiger partial charge in [0.25, 0.3) is 5.91 Å². The summed E-state index contributed by atoms with van der Waals surface area (Å²) < 4.78 is 48.9. The molecule has 0 aliphatic heterocycles. The van der Waals surface area contributed by atoms with Gasteiger partial charge >= 0.3 is 0 Å². The maximum absolute atomic E-state index is 12.5. The van der Waals surface area contributed by atoms with Crippen molar-refractivity contribution in [1.29, 1.82) is 0 Å². The van der Waals surface area contributed by atoms with Gasteiger partial charge in [0.2, 0.25) is 0 Å². The largest absolute Gasteiger partial charge is 0.370 e. The number of nitrogens with zero attached hydrogens (tertiary/aromatic N) is 1. The zero-order valence-corrected chi connectivity index (χ0v) is 14.2. The van der Waals surface area contributed by atoms with Crippen LogP contribution in [0.5, 0.6) is 0 Å². The van der Waals surface area contributed by atoms with E-state index in [-0.39, 0.29) is 16.0 Å². The fourth-order valence-electron chi connectivity index (χ4n) is 2.14. The third-order valence-electron chi connectivity index (χ3n) is 3.42. The molecule has 0 bridgehead atoms. The molecule has 0 aromatic heterocycles. The molecule has 1 aromatic carbocycles. The zero-order chi connectivity index (χ0) is 17.6. The van der Waals surface area contributed by atoms with Crippen molar-refractivity contribution < 1.29 is 21.6 Å². The number of sulfone groups is 2. The van der Waals surface area contributed by atoms with Gasteiger partial charge < -0.3 is 11.5 Å². The van der Waals surface area contributed by atoms with Gasteiger partial charge in [-0.05, 0) is 37.5 Å². The molecule has 0 saturated heterocycles. The van der Waals surface area contributed by atoms with Crippen LogP contribution in [-0.4, -0.2) is 40.2 Å². The molecule has 10 heteroatoms. The van der Waals surface area contributed by atoms with Gasteiger partial charge in [-0.3, -0.25) is 4.79 Å². The number of carbonyl (C=O) groups excluding carboxylic acids is 1. The highest BCUT2D eigenvalue weighted by Gasteiger charge is 2.40. The minimum Gasteiger partial charge on any atom is -0.370 e. The minimum absolute atomic E-state index is 0.0615. The van der Waals surface area contributed by atoms with Crippen molar-refractivity contribution in [2.75, 3.05) is 6.26 Å². The van der Waals surface area contributed by atoms with Crippen molar-refractivity contribution >= 4 is 31.5 Å². The maximum Gasteiger partial charge on any atom is 0.280 e. The van der Waals surface area contributed by atoms with E-state index in [2.05, 4.69) is 4.99 Å². The molecule has 4 N–H and O–H groups in total. The quantitative estimate of drug-likeness (QED) is 0.555. The molecule has 23 heavy (non-hydrogen) atoms. The van der Waals surface area contributed by atoms with Crippen LogP contribution in [0.15, 0.2) is 26.9 Å². The van der Waals surface area contributed by atoms with E-state index in [0.29, 0.717) is 12.8 Å². The Bertz CT molecular complexity index is 909. The fourth-order valence-corrected chi connectivity index (χ4v) is 5.49. The van der Waals surface area contributed by atoms with Crippen LogP contribution in [0, 0.1) is 6.92 Å². The number of benzene rings is 1. The van der Waals surface area contributed by atoms with Crippen molar-refractivity contribution in [2.24, 2.45) is 16.5 Å². The molecular weight excluding hydrogens is 342 g/mol. The van der Waals surface area contributed by atoms with E-state index in [1.54, 1.807) is 0 Å². The molecule has 8 nitrogen and oxygen atoms in total. The van der Waals surface area contributed by atoms with Gasteiger partial charge in [0.05, 0.1) is 15.0 Å². The molecule has 0 spiro atoms. The zero-order valence-electron chi connectivity index (χ0n) is 12.6. The Kier molecular flexibility index (Phi) is 4.24. The molecule has 1 aliphatic carbocycles. The summed E-state index contributed by atoms with van der Waals surface area (Å²) in [6.45, 7) is 1.49. The highest BCUT2D eigenvalue weighted by atomic mass is 32.2. The van der Waals surface area contributed by atoms with Crippen LogP contribution in [0.1, 0.15) is 28.8 Å². The Morgan fingerprint density at radius 3 is 2.13 bits per heavy atom. The SMILES string of the molecule is Cc1cc(S(=O)(=O)C2CC2)c(S(C)(=O)=O)cc1C(=O)N=C(N)N. The molecule has 1 amide bonds. The summed E-state index contributed by atoms with van der Waals surface area (Å²) in [5.74, 6) is -1.30. The number of hydrogen-bond acceptors (Lipinski definition) is 5. The lowest BCUT2D eigenvalue weighted by Crippen LogP contribution is -2.24. The molecule has 0 atom stereocenters. The van der Waals surface area contributed by atoms with Crippen LogP contribution in [0.3, 0.4) is 0 Å². The lowest BCUT2D eigenvalue weighted by Gasteiger charge is -2.12. The van der Waals surface area contributed by atoms with E-state index < -0.39 is 41.7 Å². The van der Waals surface area contributed by atoms with Crippen molar-refractivity contribution in [2.45, 2.75) is 34.8 Å². The monoisotopic (exact) mass is 359 g/mol. The number of aryl methyl sites for hydroxylation is 1. The second kappa shape index (κ2) is 5.60. The maximum atomic E-state index is 12.5. The van der Waals surface area contributed by atoms with Crippen LogP contribution in [-0.2, 0) is 19.7 Å². The predicted molar refractivity (Wildman–Crippen MR) is 84.6 cm³/mol. The number of nitrogens with two attached hydrogens (primary N) is 2. The number of guanidine groups is 1. The third-order valence-corrected chi connectivity index (χ3v) is 6.99. The van der Waals surface area contributed by atoms with Gasteiger partial charge in [-0.2, -0.15) is 4.99 Å². The summed E-state index contributed by atoms with van der Waals surface area (Å²) in [5, 5.41) is -0.568. The summed E-state index contributed by atoms with van der Waals surface area (Å²) in [4.78, 5) is 14.6. The second-order valence-electron chi connectivity index (χ2n) is 5.47. The number of carbonyl (C=O) groups is 1. The van der Waals surface area contributed by atoms with Gasteiger partial charge in [-0.15, -0.1) is 0 Å². The van der Waals surface area contributed by atoms with Crippen LogP contribution in [0.25, 0.3) is 0 Å². The van der Waals surface area contributed by atoms with Crippen molar-refractivity contribution in [1.82, 2.24) is 0 Å². The van der Waals surface area contributed by atoms with E-state index in [1.165, 1.54) is 13.0 Å². The van der Waals surface area contributed by atoms with Crippen LogP contribution >= 0.6 is 0 Å². The van der Waals surface area contributed by atoms with E-state index in [1.807, 2.05) is 0 Å². The van der Waals surface area contributed by atoms with Gasteiger partial charge in [0, 0.05) is 11.8 Å². The number of hydrogen-bond donors (Lipinski definition) is 2. The molecule has 126 valence electrons. The van der Waals surface area contributed by atoms with Crippen LogP contribution in [0.2, 0.25) is 0 Å². The van der Waals surface area contributed by atoms with Crippen LogP contribution < -0.4 is 11.5 Å². The Labute approximate surface area is 134 Å². The first kappa shape index (κ1) is 17.4. The smallest absolute Gasteiger partial charge is 0.280 e. The van der Waals surface area contributed by atoms with E-state index >= 15 is 0 Å². The third kappa shape index (κ3) is 3.53. The molecule has 0 heterocycles. The first-order valence-electron chi connectivity index (χ1n) is 6.67. The lowest BCUT2D eigenvalue weighted by atomic mass is 10.1. The van der Waals surface area contributed by atoms with Gasteiger partial charge in [-0.1, -0.05) is 0 Å². The molecule has 0 unspecified atom stereocenters. The summed E-state index contributed by atoms with van der Waals surface area (Å²) in [5.41, 5.74) is 10.5. The second-order valence-corrected chi connectivity index (χ2v) is 9.65. The van der Waals surface area contributed by atoms with E-state index in [9.17, 15) is 21.6 Å². The Balaban J connectivity index is 2.74. The molecule has 1 aliphatic rings. The number of aliphatic imine (C=N–C) groups is 1. The highest BCUT2D eigenvalue weighted by molar-refractivity contribution is 7.94. The van der Waals surface area contributed by atoms with Crippen molar-refractivity contribution in [3.8, 4) is 0 Å². The van der Waals surface area contributed by atoms with Gasteiger partial charge in [0.1, 0.15) is 0 Å².